The van der Waals surface area contributed by atoms with Gasteiger partial charge in [0.25, 0.3) is 0 Å². The fourth-order valence-corrected chi connectivity index (χ4v) is 3.32. The normalized spacial score (nSPS) is 19.8. The summed E-state index contributed by atoms with van der Waals surface area (Å²) in [5.74, 6) is 0. The van der Waals surface area contributed by atoms with Gasteiger partial charge in [0, 0.05) is 23.0 Å². The summed E-state index contributed by atoms with van der Waals surface area (Å²) in [5, 5.41) is 0.764. The summed E-state index contributed by atoms with van der Waals surface area (Å²) in [7, 11) is 2.11. The lowest BCUT2D eigenvalue weighted by Gasteiger charge is -2.38. The molecule has 0 spiro atoms. The number of hydrogen-bond acceptors (Lipinski definition) is 2. The Morgan fingerprint density at radius 1 is 1.25 bits per heavy atom. The molecule has 0 bridgehead atoms. The van der Waals surface area contributed by atoms with E-state index in [1.54, 1.807) is 0 Å². The van der Waals surface area contributed by atoms with E-state index in [9.17, 15) is 4.79 Å². The van der Waals surface area contributed by atoms with E-state index in [1.165, 1.54) is 31.1 Å². The largest absolute Gasteiger partial charge is 0.303 e. The van der Waals surface area contributed by atoms with E-state index in [0.717, 1.165) is 24.4 Å². The van der Waals surface area contributed by atoms with Crippen molar-refractivity contribution in [3.63, 3.8) is 0 Å². The van der Waals surface area contributed by atoms with Crippen LogP contribution in [-0.2, 0) is 4.79 Å². The molecule has 1 aliphatic rings. The fraction of sp³-hybridized carbons (Fsp3) is 0.588. The molecular weight excluding hydrogens is 270 g/mol. The zero-order valence-electron chi connectivity index (χ0n) is 12.4. The Morgan fingerprint density at radius 2 is 1.85 bits per heavy atom. The number of hydrogen-bond donors (Lipinski definition) is 0. The predicted molar refractivity (Wildman–Crippen MR) is 84.1 cm³/mol. The summed E-state index contributed by atoms with van der Waals surface area (Å²) >= 11 is 5.94. The highest BCUT2D eigenvalue weighted by atomic mass is 35.5. The maximum atomic E-state index is 11.6. The SMILES string of the molecule is CC(c1ccc(Cl)cc1)N(C)CC1(C=O)CCCCC1. The van der Waals surface area contributed by atoms with Gasteiger partial charge < -0.3 is 4.79 Å². The molecule has 0 amide bonds. The molecule has 1 aromatic carbocycles. The molecule has 0 aromatic heterocycles. The number of aldehydes is 1. The Labute approximate surface area is 127 Å². The van der Waals surface area contributed by atoms with Gasteiger partial charge in [-0.1, -0.05) is 43.0 Å². The van der Waals surface area contributed by atoms with Gasteiger partial charge in [-0.05, 0) is 44.5 Å². The Bertz CT molecular complexity index is 437. The minimum Gasteiger partial charge on any atom is -0.303 e. The molecule has 20 heavy (non-hydrogen) atoms. The lowest BCUT2D eigenvalue weighted by atomic mass is 9.74. The summed E-state index contributed by atoms with van der Waals surface area (Å²) in [5.41, 5.74) is 1.11. The maximum absolute atomic E-state index is 11.6. The Balaban J connectivity index is 2.04. The van der Waals surface area contributed by atoms with Crippen LogP contribution in [0, 0.1) is 5.41 Å². The third-order valence-electron chi connectivity index (χ3n) is 4.68. The molecule has 3 heteroatoms. The van der Waals surface area contributed by atoms with E-state index in [4.69, 9.17) is 11.6 Å². The molecule has 2 nitrogen and oxygen atoms in total. The summed E-state index contributed by atoms with van der Waals surface area (Å²) in [6.07, 6.45) is 6.91. The molecule has 0 aliphatic heterocycles. The Morgan fingerprint density at radius 3 is 2.40 bits per heavy atom. The van der Waals surface area contributed by atoms with Crippen molar-refractivity contribution in [1.82, 2.24) is 4.90 Å². The highest BCUT2D eigenvalue weighted by Gasteiger charge is 2.33. The van der Waals surface area contributed by atoms with Gasteiger partial charge in [-0.25, -0.2) is 0 Å². The number of halogens is 1. The molecule has 1 unspecified atom stereocenters. The number of carbonyl (C=O) groups excluding carboxylic acids is 1. The molecule has 1 saturated carbocycles. The first-order chi connectivity index (χ1) is 9.56. The van der Waals surface area contributed by atoms with Crippen LogP contribution < -0.4 is 0 Å². The second-order valence-corrected chi connectivity index (χ2v) is 6.62. The van der Waals surface area contributed by atoms with Crippen LogP contribution in [0.2, 0.25) is 5.02 Å². The molecule has 1 aromatic rings. The standard InChI is InChI=1S/C17H24ClNO/c1-14(15-6-8-16(18)9-7-15)19(2)12-17(13-20)10-4-3-5-11-17/h6-9,13-14H,3-5,10-12H2,1-2H3. The van der Waals surface area contributed by atoms with Gasteiger partial charge in [-0.15, -0.1) is 0 Å². The van der Waals surface area contributed by atoms with Crippen LogP contribution >= 0.6 is 11.6 Å². The van der Waals surface area contributed by atoms with E-state index >= 15 is 0 Å². The lowest BCUT2D eigenvalue weighted by Crippen LogP contribution is -2.39. The van der Waals surface area contributed by atoms with Crippen LogP contribution in [0.3, 0.4) is 0 Å². The van der Waals surface area contributed by atoms with Crippen LogP contribution in [0.4, 0.5) is 0 Å². The van der Waals surface area contributed by atoms with E-state index < -0.39 is 0 Å². The fourth-order valence-electron chi connectivity index (χ4n) is 3.20. The first-order valence-electron chi connectivity index (χ1n) is 7.48. The van der Waals surface area contributed by atoms with Crippen molar-refractivity contribution in [2.75, 3.05) is 13.6 Å². The molecule has 0 saturated heterocycles. The molecule has 1 fully saturated rings. The van der Waals surface area contributed by atoms with Gasteiger partial charge in [0.2, 0.25) is 0 Å². The van der Waals surface area contributed by atoms with Gasteiger partial charge in [-0.3, -0.25) is 4.90 Å². The van der Waals surface area contributed by atoms with Crippen molar-refractivity contribution in [3.05, 3.63) is 34.9 Å². The Hall–Kier alpha value is -0.860. The average Bonchev–Trinajstić information content (AvgIpc) is 2.48. The third kappa shape index (κ3) is 3.62. The van der Waals surface area contributed by atoms with Gasteiger partial charge in [0.15, 0.2) is 0 Å². The van der Waals surface area contributed by atoms with Crippen LogP contribution in [0.15, 0.2) is 24.3 Å². The van der Waals surface area contributed by atoms with E-state index in [-0.39, 0.29) is 5.41 Å². The summed E-state index contributed by atoms with van der Waals surface area (Å²) in [6.45, 7) is 3.03. The smallest absolute Gasteiger partial charge is 0.127 e. The number of benzene rings is 1. The molecule has 1 atom stereocenters. The average molecular weight is 294 g/mol. The van der Waals surface area contributed by atoms with Gasteiger partial charge in [0.1, 0.15) is 6.29 Å². The van der Waals surface area contributed by atoms with Crippen LogP contribution in [0.1, 0.15) is 50.6 Å². The van der Waals surface area contributed by atoms with Crippen molar-refractivity contribution in [3.8, 4) is 0 Å². The topological polar surface area (TPSA) is 20.3 Å². The van der Waals surface area contributed by atoms with Crippen LogP contribution in [0.5, 0.6) is 0 Å². The van der Waals surface area contributed by atoms with Crippen molar-refractivity contribution < 1.29 is 4.79 Å². The zero-order chi connectivity index (χ0) is 14.6. The van der Waals surface area contributed by atoms with Crippen molar-refractivity contribution in [1.29, 1.82) is 0 Å². The van der Waals surface area contributed by atoms with E-state index in [0.29, 0.717) is 6.04 Å². The first-order valence-corrected chi connectivity index (χ1v) is 7.86. The number of rotatable bonds is 5. The molecule has 2 rings (SSSR count). The molecule has 0 radical (unpaired) electrons. The lowest BCUT2D eigenvalue weighted by molar-refractivity contribution is -0.119. The highest BCUT2D eigenvalue weighted by molar-refractivity contribution is 6.30. The van der Waals surface area contributed by atoms with E-state index in [1.807, 2.05) is 12.1 Å². The van der Waals surface area contributed by atoms with Gasteiger partial charge in [-0.2, -0.15) is 0 Å². The summed E-state index contributed by atoms with van der Waals surface area (Å²) in [4.78, 5) is 13.9. The van der Waals surface area contributed by atoms with Crippen molar-refractivity contribution in [2.45, 2.75) is 45.1 Å². The predicted octanol–water partition coefficient (Wildman–Crippen LogP) is 4.48. The second-order valence-electron chi connectivity index (χ2n) is 6.18. The molecular formula is C17H24ClNO. The van der Waals surface area contributed by atoms with Crippen molar-refractivity contribution in [2.24, 2.45) is 5.41 Å². The van der Waals surface area contributed by atoms with Gasteiger partial charge in [0.05, 0.1) is 0 Å². The molecule has 1 aliphatic carbocycles. The first kappa shape index (κ1) is 15.5. The minimum absolute atomic E-state index is 0.131. The van der Waals surface area contributed by atoms with Gasteiger partial charge >= 0.3 is 0 Å². The minimum atomic E-state index is -0.131. The Kier molecular flexibility index (Phi) is 5.22. The maximum Gasteiger partial charge on any atom is 0.127 e. The molecule has 0 heterocycles. The zero-order valence-corrected chi connectivity index (χ0v) is 13.2. The third-order valence-corrected chi connectivity index (χ3v) is 4.93. The van der Waals surface area contributed by atoms with Crippen molar-refractivity contribution >= 4 is 17.9 Å². The van der Waals surface area contributed by atoms with Crippen LogP contribution in [-0.4, -0.2) is 24.8 Å². The van der Waals surface area contributed by atoms with E-state index in [2.05, 4.69) is 31.0 Å². The molecule has 0 N–H and O–H groups in total. The quantitative estimate of drug-likeness (QED) is 0.746. The molecule has 110 valence electrons. The number of carbonyl (C=O) groups is 1. The second kappa shape index (κ2) is 6.73. The monoisotopic (exact) mass is 293 g/mol. The number of nitrogens with zero attached hydrogens (tertiary/aromatic N) is 1. The highest BCUT2D eigenvalue weighted by Crippen LogP contribution is 2.36. The summed E-state index contributed by atoms with van der Waals surface area (Å²) in [6, 6.07) is 8.29. The summed E-state index contributed by atoms with van der Waals surface area (Å²) < 4.78 is 0. The van der Waals surface area contributed by atoms with Crippen LogP contribution in [0.25, 0.3) is 0 Å².